The summed E-state index contributed by atoms with van der Waals surface area (Å²) in [5.74, 6) is -0.0804. The van der Waals surface area contributed by atoms with Gasteiger partial charge in [0.25, 0.3) is 5.56 Å². The number of hydrogen-bond donors (Lipinski definition) is 1. The van der Waals surface area contributed by atoms with E-state index in [-0.39, 0.29) is 39.9 Å². The summed E-state index contributed by atoms with van der Waals surface area (Å²) in [5.41, 5.74) is 5.04. The van der Waals surface area contributed by atoms with E-state index in [9.17, 15) is 14.0 Å². The van der Waals surface area contributed by atoms with Crippen molar-refractivity contribution >= 4 is 28.6 Å². The summed E-state index contributed by atoms with van der Waals surface area (Å²) < 4.78 is 21.3. The highest BCUT2D eigenvalue weighted by Gasteiger charge is 2.59. The molecule has 29 heavy (non-hydrogen) atoms. The molecule has 2 N–H and O–H groups in total. The van der Waals surface area contributed by atoms with Crippen molar-refractivity contribution in [2.75, 3.05) is 13.1 Å². The molecule has 2 aliphatic rings. The lowest BCUT2D eigenvalue weighted by atomic mass is 10.2. The van der Waals surface area contributed by atoms with Crippen LogP contribution < -0.4 is 11.3 Å². The quantitative estimate of drug-likeness (QED) is 0.802. The Hall–Kier alpha value is -2.19. The van der Waals surface area contributed by atoms with Gasteiger partial charge in [-0.25, -0.2) is 14.2 Å². The Morgan fingerprint density at radius 1 is 1.34 bits per heavy atom. The maximum atomic E-state index is 14.3. The van der Waals surface area contributed by atoms with Crippen molar-refractivity contribution in [3.8, 4) is 0 Å². The van der Waals surface area contributed by atoms with Crippen LogP contribution in [0.5, 0.6) is 0 Å². The van der Waals surface area contributed by atoms with Crippen LogP contribution in [-0.4, -0.2) is 39.2 Å². The van der Waals surface area contributed by atoms with Gasteiger partial charge in [0.15, 0.2) is 0 Å². The molecule has 1 saturated heterocycles. The Labute approximate surface area is 172 Å². The monoisotopic (exact) mass is 422 g/mol. The standard InChI is InChI=1S/C20H24ClFN4O3/c1-9(23)17-24-15-13(22)6-5-12(21)14(15)18(27)26(17)16-10-7-25(8-11(10)16)19(28)29-20(2,3)4/h5-6,9-11,16H,7-8,23H2,1-4H3/t9-,10-,11+,16?/m0/s1. The predicted molar refractivity (Wildman–Crippen MR) is 107 cm³/mol. The van der Waals surface area contributed by atoms with Crippen LogP contribution in [0.1, 0.15) is 45.6 Å². The number of aromatic nitrogens is 2. The third-order valence-corrected chi connectivity index (χ3v) is 5.80. The van der Waals surface area contributed by atoms with Crippen LogP contribution in [-0.2, 0) is 4.74 Å². The van der Waals surface area contributed by atoms with Crippen LogP contribution in [0, 0.1) is 17.7 Å². The van der Waals surface area contributed by atoms with Crippen LogP contribution >= 0.6 is 11.6 Å². The Balaban J connectivity index is 1.68. The first kappa shape index (κ1) is 20.1. The number of hydrogen-bond acceptors (Lipinski definition) is 5. The number of halogens is 2. The number of piperidine rings is 1. The number of fused-ring (bicyclic) bond motifs is 2. The zero-order valence-corrected chi connectivity index (χ0v) is 17.5. The summed E-state index contributed by atoms with van der Waals surface area (Å²) in [4.78, 5) is 31.6. The van der Waals surface area contributed by atoms with Crippen LogP contribution in [0.4, 0.5) is 9.18 Å². The molecule has 1 aliphatic carbocycles. The maximum Gasteiger partial charge on any atom is 0.410 e. The molecule has 0 radical (unpaired) electrons. The average Bonchev–Trinajstić information content (AvgIpc) is 3.07. The normalized spacial score (nSPS) is 24.5. The third kappa shape index (κ3) is 3.38. The second-order valence-electron chi connectivity index (χ2n) is 8.89. The van der Waals surface area contributed by atoms with E-state index in [4.69, 9.17) is 22.1 Å². The zero-order chi connectivity index (χ0) is 21.2. The molecule has 0 spiro atoms. The Kier molecular flexibility index (Phi) is 4.62. The third-order valence-electron chi connectivity index (χ3n) is 5.49. The highest BCUT2D eigenvalue weighted by atomic mass is 35.5. The zero-order valence-electron chi connectivity index (χ0n) is 16.8. The number of benzene rings is 1. The second-order valence-corrected chi connectivity index (χ2v) is 9.30. The van der Waals surface area contributed by atoms with Gasteiger partial charge in [-0.1, -0.05) is 11.6 Å². The molecule has 4 rings (SSSR count). The molecule has 2 fully saturated rings. The Morgan fingerprint density at radius 2 is 1.97 bits per heavy atom. The first-order valence-corrected chi connectivity index (χ1v) is 10.0. The number of likely N-dealkylation sites (tertiary alicyclic amines) is 1. The van der Waals surface area contributed by atoms with Crippen molar-refractivity contribution in [3.63, 3.8) is 0 Å². The van der Waals surface area contributed by atoms with E-state index in [1.54, 1.807) is 16.4 Å². The smallest absolute Gasteiger partial charge is 0.410 e. The average molecular weight is 423 g/mol. The summed E-state index contributed by atoms with van der Waals surface area (Å²) in [6.07, 6.45) is -0.357. The van der Waals surface area contributed by atoms with Crippen molar-refractivity contribution in [2.45, 2.75) is 45.4 Å². The van der Waals surface area contributed by atoms with Gasteiger partial charge in [-0.15, -0.1) is 0 Å². The van der Waals surface area contributed by atoms with Gasteiger partial charge in [0.2, 0.25) is 0 Å². The number of ether oxygens (including phenoxy) is 1. The highest BCUT2D eigenvalue weighted by Crippen LogP contribution is 2.55. The molecule has 2 heterocycles. The van der Waals surface area contributed by atoms with Gasteiger partial charge in [-0.2, -0.15) is 0 Å². The number of rotatable bonds is 2. The summed E-state index contributed by atoms with van der Waals surface area (Å²) in [7, 11) is 0. The first-order valence-electron chi connectivity index (χ1n) is 9.63. The largest absolute Gasteiger partial charge is 0.444 e. The Morgan fingerprint density at radius 3 is 2.52 bits per heavy atom. The molecular formula is C20H24ClFN4O3. The number of nitrogens with two attached hydrogens (primary N) is 1. The van der Waals surface area contributed by atoms with E-state index in [2.05, 4.69) is 4.98 Å². The fourth-order valence-electron chi connectivity index (χ4n) is 4.21. The van der Waals surface area contributed by atoms with Crippen LogP contribution in [0.25, 0.3) is 10.9 Å². The molecule has 1 amide bonds. The molecule has 2 aromatic rings. The lowest BCUT2D eigenvalue weighted by Gasteiger charge is -2.26. The van der Waals surface area contributed by atoms with Gasteiger partial charge in [0, 0.05) is 31.0 Å². The molecule has 9 heteroatoms. The van der Waals surface area contributed by atoms with Gasteiger partial charge >= 0.3 is 6.09 Å². The summed E-state index contributed by atoms with van der Waals surface area (Å²) >= 11 is 6.19. The van der Waals surface area contributed by atoms with Gasteiger partial charge in [-0.3, -0.25) is 9.36 Å². The fraction of sp³-hybridized carbons (Fsp3) is 0.550. The van der Waals surface area contributed by atoms with E-state index >= 15 is 0 Å². The maximum absolute atomic E-state index is 14.3. The number of amides is 1. The molecule has 156 valence electrons. The topological polar surface area (TPSA) is 90.5 Å². The van der Waals surface area contributed by atoms with Crippen LogP contribution in [0.2, 0.25) is 5.02 Å². The number of carbonyl (C=O) groups excluding carboxylic acids is 1. The molecule has 1 aromatic carbocycles. The Bertz CT molecular complexity index is 1050. The van der Waals surface area contributed by atoms with E-state index in [1.807, 2.05) is 20.8 Å². The second kappa shape index (κ2) is 6.67. The minimum Gasteiger partial charge on any atom is -0.444 e. The van der Waals surface area contributed by atoms with Crippen molar-refractivity contribution in [3.05, 3.63) is 39.2 Å². The van der Waals surface area contributed by atoms with E-state index < -0.39 is 23.0 Å². The lowest BCUT2D eigenvalue weighted by Crippen LogP contribution is -2.38. The molecular weight excluding hydrogens is 399 g/mol. The van der Waals surface area contributed by atoms with Crippen molar-refractivity contribution in [1.29, 1.82) is 0 Å². The molecule has 1 saturated carbocycles. The predicted octanol–water partition coefficient (Wildman–Crippen LogP) is 3.25. The van der Waals surface area contributed by atoms with Crippen molar-refractivity contribution in [1.82, 2.24) is 14.5 Å². The van der Waals surface area contributed by atoms with E-state index in [0.29, 0.717) is 18.9 Å². The summed E-state index contributed by atoms with van der Waals surface area (Å²) in [5, 5.41) is 0.218. The molecule has 1 aromatic heterocycles. The highest BCUT2D eigenvalue weighted by molar-refractivity contribution is 6.35. The molecule has 0 bridgehead atoms. The van der Waals surface area contributed by atoms with Crippen molar-refractivity contribution < 1.29 is 13.9 Å². The molecule has 1 aliphatic heterocycles. The van der Waals surface area contributed by atoms with Gasteiger partial charge in [-0.05, 0) is 39.8 Å². The molecule has 7 nitrogen and oxygen atoms in total. The van der Waals surface area contributed by atoms with Crippen LogP contribution in [0.15, 0.2) is 16.9 Å². The summed E-state index contributed by atoms with van der Waals surface area (Å²) in [6, 6.07) is 1.85. The lowest BCUT2D eigenvalue weighted by molar-refractivity contribution is 0.0266. The minimum atomic E-state index is -0.609. The van der Waals surface area contributed by atoms with E-state index in [0.717, 1.165) is 0 Å². The van der Waals surface area contributed by atoms with E-state index in [1.165, 1.54) is 12.1 Å². The summed E-state index contributed by atoms with van der Waals surface area (Å²) in [6.45, 7) is 8.15. The fourth-order valence-corrected chi connectivity index (χ4v) is 4.44. The molecule has 1 unspecified atom stereocenters. The minimum absolute atomic E-state index is 0.0602. The van der Waals surface area contributed by atoms with Gasteiger partial charge in [0.05, 0.1) is 16.5 Å². The SMILES string of the molecule is C[C@H](N)c1nc2c(F)ccc(Cl)c2c(=O)n1C1[C@H]2CN(C(=O)OC(C)(C)C)C[C@@H]12. The van der Waals surface area contributed by atoms with Gasteiger partial charge in [0.1, 0.15) is 22.8 Å². The number of nitrogens with zero attached hydrogens (tertiary/aromatic N) is 3. The van der Waals surface area contributed by atoms with Crippen LogP contribution in [0.3, 0.4) is 0 Å². The first-order chi connectivity index (χ1) is 13.5. The van der Waals surface area contributed by atoms with Crippen molar-refractivity contribution in [2.24, 2.45) is 17.6 Å². The number of carbonyl (C=O) groups is 1. The molecule has 4 atom stereocenters. The van der Waals surface area contributed by atoms with Gasteiger partial charge < -0.3 is 15.4 Å².